The third-order valence-corrected chi connectivity index (χ3v) is 3.66. The molecule has 0 spiro atoms. The molecule has 3 N–H and O–H groups in total. The van der Waals surface area contributed by atoms with Crippen LogP contribution in [-0.2, 0) is 9.59 Å². The Labute approximate surface area is 141 Å². The number of anilines is 1. The number of halogens is 2. The number of hydrogen-bond acceptors (Lipinski definition) is 4. The summed E-state index contributed by atoms with van der Waals surface area (Å²) in [4.78, 5) is 26.9. The van der Waals surface area contributed by atoms with Crippen LogP contribution in [0.1, 0.15) is 0 Å². The lowest BCUT2D eigenvalue weighted by atomic mass is 10.2. The second-order valence-electron chi connectivity index (χ2n) is 4.83. The molecule has 122 valence electrons. The highest BCUT2D eigenvalue weighted by Crippen LogP contribution is 2.20. The molecule has 1 aromatic carbocycles. The molecule has 2 rings (SSSR count). The number of nitrogens with one attached hydrogen (secondary N) is 1. The third-order valence-electron chi connectivity index (χ3n) is 3.43. The topological polar surface area (TPSA) is 78.7 Å². The van der Waals surface area contributed by atoms with Crippen molar-refractivity contribution in [2.45, 2.75) is 0 Å². The molecular formula is C14H20Cl2N4O2. The van der Waals surface area contributed by atoms with Gasteiger partial charge in [-0.3, -0.25) is 9.59 Å². The van der Waals surface area contributed by atoms with Gasteiger partial charge in [-0.15, -0.1) is 12.4 Å². The summed E-state index contributed by atoms with van der Waals surface area (Å²) in [5, 5.41) is 3.20. The first kappa shape index (κ1) is 18.5. The van der Waals surface area contributed by atoms with Gasteiger partial charge in [0.1, 0.15) is 0 Å². The van der Waals surface area contributed by atoms with Gasteiger partial charge < -0.3 is 20.9 Å². The monoisotopic (exact) mass is 346 g/mol. The highest BCUT2D eigenvalue weighted by atomic mass is 35.5. The van der Waals surface area contributed by atoms with E-state index < -0.39 is 0 Å². The van der Waals surface area contributed by atoms with Crippen molar-refractivity contribution in [2.24, 2.45) is 5.73 Å². The molecule has 0 bridgehead atoms. The predicted octanol–water partition coefficient (Wildman–Crippen LogP) is 0.485. The number of piperazine rings is 1. The minimum absolute atomic E-state index is 0. The fourth-order valence-electron chi connectivity index (χ4n) is 2.25. The standard InChI is InChI=1S/C14H19ClN4O2.ClH/c15-11-2-1-3-12(8-11)18-4-6-19(7-5-18)14(21)10-17-13(20)9-16;/h1-3,8H,4-7,9-10,16H2,(H,17,20);1H. The molecule has 0 saturated carbocycles. The van der Waals surface area contributed by atoms with E-state index in [1.54, 1.807) is 4.90 Å². The van der Waals surface area contributed by atoms with Crippen molar-refractivity contribution in [1.29, 1.82) is 0 Å². The van der Waals surface area contributed by atoms with Gasteiger partial charge in [-0.05, 0) is 18.2 Å². The van der Waals surface area contributed by atoms with E-state index in [4.69, 9.17) is 17.3 Å². The highest BCUT2D eigenvalue weighted by Gasteiger charge is 2.21. The Hall–Kier alpha value is -1.50. The number of nitrogens with two attached hydrogens (primary N) is 1. The Bertz CT molecular complexity index is 519. The summed E-state index contributed by atoms with van der Waals surface area (Å²) in [5.41, 5.74) is 6.24. The maximum Gasteiger partial charge on any atom is 0.242 e. The molecule has 0 atom stereocenters. The molecule has 2 amide bonds. The van der Waals surface area contributed by atoms with E-state index in [2.05, 4.69) is 10.2 Å². The lowest BCUT2D eigenvalue weighted by molar-refractivity contribution is -0.132. The molecular weight excluding hydrogens is 327 g/mol. The van der Waals surface area contributed by atoms with Gasteiger partial charge in [-0.25, -0.2) is 0 Å². The molecule has 1 fully saturated rings. The summed E-state index contributed by atoms with van der Waals surface area (Å²) in [6.45, 7) is 2.66. The molecule has 6 nitrogen and oxygen atoms in total. The van der Waals surface area contributed by atoms with Gasteiger partial charge in [-0.2, -0.15) is 0 Å². The van der Waals surface area contributed by atoms with Crippen LogP contribution in [0.25, 0.3) is 0 Å². The maximum atomic E-state index is 11.9. The van der Waals surface area contributed by atoms with Crippen LogP contribution in [0.4, 0.5) is 5.69 Å². The molecule has 1 aromatic rings. The van der Waals surface area contributed by atoms with Crippen molar-refractivity contribution in [2.75, 3.05) is 44.2 Å². The van der Waals surface area contributed by atoms with Crippen LogP contribution in [0.3, 0.4) is 0 Å². The Morgan fingerprint density at radius 3 is 2.50 bits per heavy atom. The lowest BCUT2D eigenvalue weighted by Gasteiger charge is -2.36. The van der Waals surface area contributed by atoms with Gasteiger partial charge >= 0.3 is 0 Å². The van der Waals surface area contributed by atoms with E-state index in [0.717, 1.165) is 18.8 Å². The summed E-state index contributed by atoms with van der Waals surface area (Å²) in [6.07, 6.45) is 0. The van der Waals surface area contributed by atoms with Crippen LogP contribution in [0.5, 0.6) is 0 Å². The van der Waals surface area contributed by atoms with Gasteiger partial charge in [0.2, 0.25) is 11.8 Å². The van der Waals surface area contributed by atoms with Gasteiger partial charge in [0, 0.05) is 36.9 Å². The van der Waals surface area contributed by atoms with Crippen LogP contribution in [0.2, 0.25) is 5.02 Å². The van der Waals surface area contributed by atoms with Gasteiger partial charge in [0.05, 0.1) is 13.1 Å². The SMILES string of the molecule is Cl.NCC(=O)NCC(=O)N1CCN(c2cccc(Cl)c2)CC1. The molecule has 1 saturated heterocycles. The van der Waals surface area contributed by atoms with E-state index in [-0.39, 0.29) is 37.3 Å². The highest BCUT2D eigenvalue weighted by molar-refractivity contribution is 6.30. The molecule has 0 aromatic heterocycles. The molecule has 1 aliphatic heterocycles. The average molecular weight is 347 g/mol. The van der Waals surface area contributed by atoms with Crippen molar-refractivity contribution >= 4 is 41.5 Å². The molecule has 22 heavy (non-hydrogen) atoms. The normalized spacial score (nSPS) is 14.3. The lowest BCUT2D eigenvalue weighted by Crippen LogP contribution is -2.51. The summed E-state index contributed by atoms with van der Waals surface area (Å²) in [5.74, 6) is -0.400. The molecule has 0 unspecified atom stereocenters. The fourth-order valence-corrected chi connectivity index (χ4v) is 2.43. The van der Waals surface area contributed by atoms with Crippen molar-refractivity contribution in [3.63, 3.8) is 0 Å². The zero-order valence-electron chi connectivity index (χ0n) is 12.1. The van der Waals surface area contributed by atoms with Crippen LogP contribution < -0.4 is 16.0 Å². The predicted molar refractivity (Wildman–Crippen MR) is 89.6 cm³/mol. The molecule has 8 heteroatoms. The number of nitrogens with zero attached hydrogens (tertiary/aromatic N) is 2. The number of hydrogen-bond donors (Lipinski definition) is 2. The molecule has 0 radical (unpaired) electrons. The van der Waals surface area contributed by atoms with Crippen molar-refractivity contribution in [1.82, 2.24) is 10.2 Å². The van der Waals surface area contributed by atoms with E-state index in [1.165, 1.54) is 0 Å². The number of carbonyl (C=O) groups is 2. The van der Waals surface area contributed by atoms with Crippen LogP contribution in [-0.4, -0.2) is 56.0 Å². The van der Waals surface area contributed by atoms with Crippen LogP contribution in [0.15, 0.2) is 24.3 Å². The van der Waals surface area contributed by atoms with Crippen molar-refractivity contribution in [3.8, 4) is 0 Å². The Balaban J connectivity index is 0.00000242. The molecule has 1 aliphatic rings. The minimum Gasteiger partial charge on any atom is -0.368 e. The number of benzene rings is 1. The summed E-state index contributed by atoms with van der Waals surface area (Å²) in [6, 6.07) is 7.67. The van der Waals surface area contributed by atoms with Gasteiger partial charge in [-0.1, -0.05) is 17.7 Å². The summed E-state index contributed by atoms with van der Waals surface area (Å²) < 4.78 is 0. The van der Waals surface area contributed by atoms with Crippen molar-refractivity contribution in [3.05, 3.63) is 29.3 Å². The molecule has 0 aliphatic carbocycles. The number of rotatable bonds is 4. The second-order valence-corrected chi connectivity index (χ2v) is 5.26. The first-order chi connectivity index (χ1) is 10.1. The quantitative estimate of drug-likeness (QED) is 0.831. The van der Waals surface area contributed by atoms with Gasteiger partial charge in [0.25, 0.3) is 0 Å². The Kier molecular flexibility index (Phi) is 7.44. The van der Waals surface area contributed by atoms with Crippen LogP contribution >= 0.6 is 24.0 Å². The maximum absolute atomic E-state index is 11.9. The minimum atomic E-state index is -0.319. The number of amides is 2. The fraction of sp³-hybridized carbons (Fsp3) is 0.429. The smallest absolute Gasteiger partial charge is 0.242 e. The van der Waals surface area contributed by atoms with E-state index in [0.29, 0.717) is 18.1 Å². The first-order valence-corrected chi connectivity index (χ1v) is 7.23. The zero-order valence-corrected chi connectivity index (χ0v) is 13.7. The van der Waals surface area contributed by atoms with Crippen molar-refractivity contribution < 1.29 is 9.59 Å². The average Bonchev–Trinajstić information content (AvgIpc) is 2.52. The van der Waals surface area contributed by atoms with E-state index in [1.807, 2.05) is 24.3 Å². The summed E-state index contributed by atoms with van der Waals surface area (Å²) in [7, 11) is 0. The Morgan fingerprint density at radius 2 is 1.91 bits per heavy atom. The Morgan fingerprint density at radius 1 is 1.23 bits per heavy atom. The van der Waals surface area contributed by atoms with E-state index >= 15 is 0 Å². The van der Waals surface area contributed by atoms with Gasteiger partial charge in [0.15, 0.2) is 0 Å². The largest absolute Gasteiger partial charge is 0.368 e. The molecule has 1 heterocycles. The summed E-state index contributed by atoms with van der Waals surface area (Å²) >= 11 is 5.99. The third kappa shape index (κ3) is 5.05. The second kappa shape index (κ2) is 8.82. The zero-order chi connectivity index (χ0) is 15.2. The van der Waals surface area contributed by atoms with E-state index in [9.17, 15) is 9.59 Å². The number of carbonyl (C=O) groups excluding carboxylic acids is 2. The van der Waals surface area contributed by atoms with Crippen LogP contribution in [0, 0.1) is 0 Å². The first-order valence-electron chi connectivity index (χ1n) is 6.85.